The molecule has 0 radical (unpaired) electrons. The summed E-state index contributed by atoms with van der Waals surface area (Å²) in [5, 5.41) is 5.46. The molecule has 0 heterocycles. The van der Waals surface area contributed by atoms with Gasteiger partial charge in [0, 0.05) is 13.0 Å². The largest absolute Gasteiger partial charge is 0.379 e. The molecule has 0 aliphatic heterocycles. The van der Waals surface area contributed by atoms with E-state index in [-0.39, 0.29) is 0 Å². The van der Waals surface area contributed by atoms with Crippen LogP contribution in [-0.4, -0.2) is 78.8 Å². The van der Waals surface area contributed by atoms with E-state index < -0.39 is 0 Å². The molecule has 0 unspecified atom stereocenters. The molecule has 0 aromatic carbocycles. The highest BCUT2D eigenvalue weighted by atomic mass is 16.6. The quantitative estimate of drug-likeness (QED) is 0.189. The van der Waals surface area contributed by atoms with Gasteiger partial charge in [-0.25, -0.2) is 0 Å². The summed E-state index contributed by atoms with van der Waals surface area (Å²) in [4.78, 5) is 19.9. The fourth-order valence-electron chi connectivity index (χ4n) is 1.24. The second-order valence-electron chi connectivity index (χ2n) is 3.90. The first kappa shape index (κ1) is 19.9. The number of ether oxygens (including phenoxy) is 4. The second kappa shape index (κ2) is 18.9. The lowest BCUT2D eigenvalue weighted by Crippen LogP contribution is -2.30. The molecule has 0 aromatic rings. The molecule has 8 nitrogen and oxygen atoms in total. The number of carbonyl (C=O) groups is 2. The fraction of sp³-hybridized carbons (Fsp3) is 0.846. The first-order valence-corrected chi connectivity index (χ1v) is 7.04. The molecule has 124 valence electrons. The maximum atomic E-state index is 10.0. The summed E-state index contributed by atoms with van der Waals surface area (Å²) < 4.78 is 21.0. The Hall–Kier alpha value is -1.06. The topological polar surface area (TPSA) is 95.1 Å². The molecule has 2 N–H and O–H groups in total. The molecular formula is C13H26N2O6. The maximum Gasteiger partial charge on any atom is 0.208 e. The number of rotatable bonds is 18. The Kier molecular flexibility index (Phi) is 18.0. The summed E-state index contributed by atoms with van der Waals surface area (Å²) in [6, 6.07) is 0. The van der Waals surface area contributed by atoms with E-state index in [1.807, 2.05) is 0 Å². The van der Waals surface area contributed by atoms with Crippen molar-refractivity contribution >= 4 is 12.7 Å². The van der Waals surface area contributed by atoms with Gasteiger partial charge in [0.05, 0.1) is 59.5 Å². The first-order chi connectivity index (χ1) is 10.4. The highest BCUT2D eigenvalue weighted by Gasteiger charge is 1.92. The van der Waals surface area contributed by atoms with Crippen LogP contribution in [0.4, 0.5) is 0 Å². The van der Waals surface area contributed by atoms with Crippen LogP contribution in [0, 0.1) is 0 Å². The van der Waals surface area contributed by atoms with Gasteiger partial charge in [0.1, 0.15) is 6.29 Å². The van der Waals surface area contributed by atoms with Gasteiger partial charge >= 0.3 is 0 Å². The van der Waals surface area contributed by atoms with E-state index in [9.17, 15) is 9.59 Å². The molecule has 0 aromatic heterocycles. The van der Waals surface area contributed by atoms with E-state index in [4.69, 9.17) is 18.9 Å². The van der Waals surface area contributed by atoms with Crippen molar-refractivity contribution in [2.45, 2.75) is 6.42 Å². The number of nitrogens with one attached hydrogen (secondary N) is 2. The predicted octanol–water partition coefficient (Wildman–Crippen LogP) is -1.07. The minimum absolute atomic E-state index is 0.423. The van der Waals surface area contributed by atoms with Crippen LogP contribution >= 0.6 is 0 Å². The van der Waals surface area contributed by atoms with E-state index in [2.05, 4.69) is 10.6 Å². The minimum atomic E-state index is 0.423. The minimum Gasteiger partial charge on any atom is -0.379 e. The normalized spacial score (nSPS) is 10.5. The van der Waals surface area contributed by atoms with E-state index in [0.29, 0.717) is 78.9 Å². The SMILES string of the molecule is O=CCCOCCOCCOCCOCCNCNC=O. The Morgan fingerprint density at radius 1 is 0.714 bits per heavy atom. The highest BCUT2D eigenvalue weighted by molar-refractivity contribution is 5.49. The molecule has 1 amide bonds. The average molecular weight is 306 g/mol. The lowest BCUT2D eigenvalue weighted by atomic mass is 10.5. The van der Waals surface area contributed by atoms with Gasteiger partial charge in [0.15, 0.2) is 0 Å². The second-order valence-corrected chi connectivity index (χ2v) is 3.90. The van der Waals surface area contributed by atoms with Gasteiger partial charge in [-0.1, -0.05) is 0 Å². The molecule has 0 fully saturated rings. The average Bonchev–Trinajstić information content (AvgIpc) is 2.50. The third kappa shape index (κ3) is 18.9. The van der Waals surface area contributed by atoms with E-state index >= 15 is 0 Å². The number of aldehydes is 1. The zero-order chi connectivity index (χ0) is 15.4. The van der Waals surface area contributed by atoms with Crippen LogP contribution < -0.4 is 10.6 Å². The van der Waals surface area contributed by atoms with Crippen molar-refractivity contribution in [2.75, 3.05) is 66.1 Å². The molecule has 0 saturated carbocycles. The van der Waals surface area contributed by atoms with E-state index in [1.165, 1.54) is 0 Å². The van der Waals surface area contributed by atoms with Crippen LogP contribution in [0.3, 0.4) is 0 Å². The summed E-state index contributed by atoms with van der Waals surface area (Å²) >= 11 is 0. The summed E-state index contributed by atoms with van der Waals surface area (Å²) in [6.07, 6.45) is 1.89. The first-order valence-electron chi connectivity index (χ1n) is 7.04. The summed E-state index contributed by atoms with van der Waals surface area (Å²) in [5.41, 5.74) is 0. The third-order valence-electron chi connectivity index (χ3n) is 2.23. The van der Waals surface area contributed by atoms with Gasteiger partial charge < -0.3 is 29.1 Å². The van der Waals surface area contributed by atoms with Crippen molar-refractivity contribution in [3.05, 3.63) is 0 Å². The lowest BCUT2D eigenvalue weighted by molar-refractivity contribution is -0.110. The number of hydrogen-bond donors (Lipinski definition) is 2. The van der Waals surface area contributed by atoms with Crippen LogP contribution in [0.2, 0.25) is 0 Å². The monoisotopic (exact) mass is 306 g/mol. The molecule has 21 heavy (non-hydrogen) atoms. The molecule has 0 aliphatic carbocycles. The van der Waals surface area contributed by atoms with Crippen molar-refractivity contribution in [1.82, 2.24) is 10.6 Å². The van der Waals surface area contributed by atoms with Crippen molar-refractivity contribution in [3.8, 4) is 0 Å². The Morgan fingerprint density at radius 2 is 1.24 bits per heavy atom. The van der Waals surface area contributed by atoms with Crippen LogP contribution in [0.5, 0.6) is 0 Å². The lowest BCUT2D eigenvalue weighted by Gasteiger charge is -2.07. The van der Waals surface area contributed by atoms with Gasteiger partial charge in [-0.2, -0.15) is 0 Å². The molecule has 0 atom stereocenters. The zero-order valence-electron chi connectivity index (χ0n) is 12.4. The van der Waals surface area contributed by atoms with E-state index in [0.717, 1.165) is 6.29 Å². The third-order valence-corrected chi connectivity index (χ3v) is 2.23. The predicted molar refractivity (Wildman–Crippen MR) is 76.0 cm³/mol. The molecule has 0 bridgehead atoms. The standard InChI is InChI=1S/C13H26N2O6/c16-3-1-4-18-6-8-20-10-11-21-9-7-19-5-2-14-12-15-13-17/h3,13-14H,1-2,4-12H2,(H,15,17). The van der Waals surface area contributed by atoms with Crippen molar-refractivity contribution < 1.29 is 28.5 Å². The summed E-state index contributed by atoms with van der Waals surface area (Å²) in [6.45, 7) is 5.19. The molecule has 8 heteroatoms. The molecular weight excluding hydrogens is 280 g/mol. The highest BCUT2D eigenvalue weighted by Crippen LogP contribution is 1.83. The van der Waals surface area contributed by atoms with Gasteiger partial charge in [-0.05, 0) is 0 Å². The summed E-state index contributed by atoms with van der Waals surface area (Å²) in [5.74, 6) is 0. The Morgan fingerprint density at radius 3 is 1.76 bits per heavy atom. The van der Waals surface area contributed by atoms with Crippen molar-refractivity contribution in [2.24, 2.45) is 0 Å². The van der Waals surface area contributed by atoms with Crippen LogP contribution in [-0.2, 0) is 28.5 Å². The molecule has 0 spiro atoms. The van der Waals surface area contributed by atoms with Gasteiger partial charge in [0.2, 0.25) is 6.41 Å². The van der Waals surface area contributed by atoms with Gasteiger partial charge in [-0.15, -0.1) is 0 Å². The van der Waals surface area contributed by atoms with Gasteiger partial charge in [-0.3, -0.25) is 10.1 Å². The molecule has 0 saturated heterocycles. The number of amides is 1. The Bertz CT molecular complexity index is 209. The molecule has 0 aliphatic rings. The smallest absolute Gasteiger partial charge is 0.208 e. The maximum absolute atomic E-state index is 10.0. The Labute approximate surface area is 125 Å². The fourth-order valence-corrected chi connectivity index (χ4v) is 1.24. The van der Waals surface area contributed by atoms with Crippen LogP contribution in [0.15, 0.2) is 0 Å². The summed E-state index contributed by atoms with van der Waals surface area (Å²) in [7, 11) is 0. The van der Waals surface area contributed by atoms with Crippen molar-refractivity contribution in [1.29, 1.82) is 0 Å². The van der Waals surface area contributed by atoms with Crippen molar-refractivity contribution in [3.63, 3.8) is 0 Å². The number of carbonyl (C=O) groups excluding carboxylic acids is 2. The number of hydrogen-bond acceptors (Lipinski definition) is 7. The van der Waals surface area contributed by atoms with Gasteiger partial charge in [0.25, 0.3) is 0 Å². The van der Waals surface area contributed by atoms with Crippen LogP contribution in [0.1, 0.15) is 6.42 Å². The van der Waals surface area contributed by atoms with E-state index in [1.54, 1.807) is 0 Å². The molecule has 0 rings (SSSR count). The zero-order valence-corrected chi connectivity index (χ0v) is 12.4. The van der Waals surface area contributed by atoms with Crippen LogP contribution in [0.25, 0.3) is 0 Å². The Balaban J connectivity index is 2.93.